The fourth-order valence-electron chi connectivity index (χ4n) is 1.80. The van der Waals surface area contributed by atoms with Crippen molar-refractivity contribution < 1.29 is 14.6 Å². The number of pyridine rings is 1. The van der Waals surface area contributed by atoms with Crippen LogP contribution in [0.1, 0.15) is 15.9 Å². The van der Waals surface area contributed by atoms with Crippen LogP contribution >= 0.6 is 0 Å². The second-order valence-electron chi connectivity index (χ2n) is 4.64. The van der Waals surface area contributed by atoms with Crippen LogP contribution in [0.4, 0.5) is 0 Å². The number of hydrogen-bond acceptors (Lipinski definition) is 5. The Morgan fingerprint density at radius 3 is 2.62 bits per heavy atom. The van der Waals surface area contributed by atoms with Crippen molar-refractivity contribution >= 4 is 5.91 Å². The van der Waals surface area contributed by atoms with Crippen molar-refractivity contribution in [3.8, 4) is 11.6 Å². The number of carbonyl (C=O) groups excluding carboxylic acids is 1. The maximum Gasteiger partial charge on any atom is 0.248 e. The van der Waals surface area contributed by atoms with Gasteiger partial charge in [0.1, 0.15) is 5.75 Å². The van der Waals surface area contributed by atoms with Crippen LogP contribution in [0, 0.1) is 0 Å². The Bertz CT molecular complexity index is 614. The molecule has 6 nitrogen and oxygen atoms in total. The molecule has 0 radical (unpaired) electrons. The van der Waals surface area contributed by atoms with Gasteiger partial charge in [0.2, 0.25) is 11.8 Å². The zero-order chi connectivity index (χ0) is 15.2. The van der Waals surface area contributed by atoms with Gasteiger partial charge < -0.3 is 21.3 Å². The second-order valence-corrected chi connectivity index (χ2v) is 4.64. The number of rotatable bonds is 6. The van der Waals surface area contributed by atoms with E-state index in [9.17, 15) is 4.79 Å². The maximum atomic E-state index is 11.1. The quantitative estimate of drug-likeness (QED) is 0.728. The lowest BCUT2D eigenvalue weighted by molar-refractivity contribution is 0.1000. The number of benzene rings is 1. The summed E-state index contributed by atoms with van der Waals surface area (Å²) in [5.41, 5.74) is 12.2. The van der Waals surface area contributed by atoms with Crippen LogP contribution in [-0.2, 0) is 6.42 Å². The number of ether oxygens (including phenoxy) is 1. The Kier molecular flexibility index (Phi) is 4.86. The zero-order valence-corrected chi connectivity index (χ0v) is 11.4. The molecule has 1 amide bonds. The van der Waals surface area contributed by atoms with Crippen LogP contribution in [0.3, 0.4) is 0 Å². The van der Waals surface area contributed by atoms with Gasteiger partial charge in [-0.2, -0.15) is 0 Å². The monoisotopic (exact) mass is 287 g/mol. The fraction of sp³-hybridized carbons (Fsp3) is 0.200. The maximum absolute atomic E-state index is 11.1. The van der Waals surface area contributed by atoms with Crippen molar-refractivity contribution in [1.82, 2.24) is 4.98 Å². The van der Waals surface area contributed by atoms with Crippen LogP contribution in [-0.4, -0.2) is 28.6 Å². The molecule has 0 saturated heterocycles. The largest absolute Gasteiger partial charge is 0.439 e. The van der Waals surface area contributed by atoms with E-state index < -0.39 is 5.91 Å². The lowest BCUT2D eigenvalue weighted by atomic mass is 10.1. The third kappa shape index (κ3) is 4.27. The molecule has 2 aromatic rings. The van der Waals surface area contributed by atoms with E-state index in [0.717, 1.165) is 5.56 Å². The minimum absolute atomic E-state index is 0.0535. The van der Waals surface area contributed by atoms with E-state index in [2.05, 4.69) is 4.98 Å². The Morgan fingerprint density at radius 2 is 2.00 bits per heavy atom. The summed E-state index contributed by atoms with van der Waals surface area (Å²) < 4.78 is 5.56. The summed E-state index contributed by atoms with van der Waals surface area (Å²) in [5, 5.41) is 8.92. The number of aliphatic hydroxyl groups excluding tert-OH is 1. The van der Waals surface area contributed by atoms with E-state index in [-0.39, 0.29) is 12.6 Å². The van der Waals surface area contributed by atoms with E-state index in [1.807, 2.05) is 12.1 Å². The molecule has 0 fully saturated rings. The highest BCUT2D eigenvalue weighted by Crippen LogP contribution is 2.20. The van der Waals surface area contributed by atoms with Crippen LogP contribution < -0.4 is 16.2 Å². The SMILES string of the molecule is NC(=O)c1ccnc(Oc2ccc(C[C@H](N)CO)cc2)c1. The summed E-state index contributed by atoms with van der Waals surface area (Å²) >= 11 is 0. The summed E-state index contributed by atoms with van der Waals surface area (Å²) in [6.07, 6.45) is 2.05. The zero-order valence-electron chi connectivity index (χ0n) is 11.4. The molecule has 110 valence electrons. The minimum Gasteiger partial charge on any atom is -0.439 e. The van der Waals surface area contributed by atoms with Crippen molar-refractivity contribution in [3.05, 3.63) is 53.7 Å². The van der Waals surface area contributed by atoms with Crippen molar-refractivity contribution in [3.63, 3.8) is 0 Å². The molecule has 0 aliphatic rings. The summed E-state index contributed by atoms with van der Waals surface area (Å²) in [5.74, 6) is 0.354. The third-order valence-corrected chi connectivity index (χ3v) is 2.90. The summed E-state index contributed by atoms with van der Waals surface area (Å²) in [4.78, 5) is 15.1. The van der Waals surface area contributed by atoms with Gasteiger partial charge in [-0.15, -0.1) is 0 Å². The molecular weight excluding hydrogens is 270 g/mol. The molecule has 6 heteroatoms. The molecule has 1 aromatic heterocycles. The predicted molar refractivity (Wildman–Crippen MR) is 78.0 cm³/mol. The number of aromatic nitrogens is 1. The van der Waals surface area contributed by atoms with E-state index >= 15 is 0 Å². The van der Waals surface area contributed by atoms with Crippen LogP contribution in [0.5, 0.6) is 11.6 Å². The van der Waals surface area contributed by atoms with Gasteiger partial charge in [0.15, 0.2) is 0 Å². The molecule has 2 rings (SSSR count). The van der Waals surface area contributed by atoms with E-state index in [1.165, 1.54) is 18.3 Å². The average molecular weight is 287 g/mol. The topological polar surface area (TPSA) is 111 Å². The first-order valence-corrected chi connectivity index (χ1v) is 6.47. The highest BCUT2D eigenvalue weighted by atomic mass is 16.5. The molecule has 1 heterocycles. The number of hydrogen-bond donors (Lipinski definition) is 3. The van der Waals surface area contributed by atoms with Crippen molar-refractivity contribution in [2.45, 2.75) is 12.5 Å². The molecular formula is C15H17N3O3. The number of aliphatic hydroxyl groups is 1. The van der Waals surface area contributed by atoms with Gasteiger partial charge in [-0.1, -0.05) is 12.1 Å². The summed E-state index contributed by atoms with van der Waals surface area (Å²) in [6, 6.07) is 10.0. The number of nitrogens with two attached hydrogens (primary N) is 2. The average Bonchev–Trinajstić information content (AvgIpc) is 2.49. The molecule has 1 atom stereocenters. The number of carbonyl (C=O) groups is 1. The first-order chi connectivity index (χ1) is 10.1. The summed E-state index contributed by atoms with van der Waals surface area (Å²) in [7, 11) is 0. The second kappa shape index (κ2) is 6.83. The standard InChI is InChI=1S/C15H17N3O3/c16-12(9-19)7-10-1-3-13(4-2-10)21-14-8-11(15(17)20)5-6-18-14/h1-6,8,12,19H,7,9,16H2,(H2,17,20)/t12-/m0/s1. The molecule has 0 aliphatic heterocycles. The minimum atomic E-state index is -0.532. The molecule has 0 unspecified atom stereocenters. The normalized spacial score (nSPS) is 11.9. The molecule has 1 aromatic carbocycles. The van der Waals surface area contributed by atoms with Crippen LogP contribution in [0.2, 0.25) is 0 Å². The molecule has 0 saturated carbocycles. The Morgan fingerprint density at radius 1 is 1.29 bits per heavy atom. The Balaban J connectivity index is 2.06. The number of primary amides is 1. The van der Waals surface area contributed by atoms with Gasteiger partial charge in [-0.05, 0) is 30.2 Å². The van der Waals surface area contributed by atoms with Crippen LogP contribution in [0.25, 0.3) is 0 Å². The predicted octanol–water partition coefficient (Wildman–Crippen LogP) is 0.835. The van der Waals surface area contributed by atoms with Gasteiger partial charge in [0.05, 0.1) is 6.61 Å². The first kappa shape index (κ1) is 15.0. The lowest BCUT2D eigenvalue weighted by Gasteiger charge is -2.09. The molecule has 0 bridgehead atoms. The van der Waals surface area contributed by atoms with Gasteiger partial charge in [-0.25, -0.2) is 4.98 Å². The number of nitrogens with zero attached hydrogens (tertiary/aromatic N) is 1. The van der Waals surface area contributed by atoms with E-state index in [1.54, 1.807) is 12.1 Å². The van der Waals surface area contributed by atoms with E-state index in [0.29, 0.717) is 23.6 Å². The van der Waals surface area contributed by atoms with Crippen molar-refractivity contribution in [2.24, 2.45) is 11.5 Å². The first-order valence-electron chi connectivity index (χ1n) is 6.47. The van der Waals surface area contributed by atoms with E-state index in [4.69, 9.17) is 21.3 Å². The molecule has 5 N–H and O–H groups in total. The molecule has 0 spiro atoms. The molecule has 0 aliphatic carbocycles. The summed E-state index contributed by atoms with van der Waals surface area (Å²) in [6.45, 7) is -0.0535. The Labute approximate surface area is 122 Å². The van der Waals surface area contributed by atoms with Gasteiger partial charge in [0, 0.05) is 23.9 Å². The highest BCUT2D eigenvalue weighted by molar-refractivity contribution is 5.92. The Hall–Kier alpha value is -2.44. The van der Waals surface area contributed by atoms with Crippen molar-refractivity contribution in [2.75, 3.05) is 6.61 Å². The third-order valence-electron chi connectivity index (χ3n) is 2.90. The molecule has 21 heavy (non-hydrogen) atoms. The fourth-order valence-corrected chi connectivity index (χ4v) is 1.80. The smallest absolute Gasteiger partial charge is 0.248 e. The van der Waals surface area contributed by atoms with Crippen LogP contribution in [0.15, 0.2) is 42.6 Å². The van der Waals surface area contributed by atoms with Gasteiger partial charge in [-0.3, -0.25) is 4.79 Å². The highest BCUT2D eigenvalue weighted by Gasteiger charge is 2.06. The number of amides is 1. The van der Waals surface area contributed by atoms with Gasteiger partial charge in [0.25, 0.3) is 0 Å². The van der Waals surface area contributed by atoms with Crippen molar-refractivity contribution in [1.29, 1.82) is 0 Å². The lowest BCUT2D eigenvalue weighted by Crippen LogP contribution is -2.26. The van der Waals surface area contributed by atoms with Gasteiger partial charge >= 0.3 is 0 Å².